The average molecular weight is 328 g/mol. The van der Waals surface area contributed by atoms with E-state index in [-0.39, 0.29) is 0 Å². The van der Waals surface area contributed by atoms with Crippen molar-refractivity contribution in [1.82, 2.24) is 4.98 Å². The lowest BCUT2D eigenvalue weighted by atomic mass is 10.0. The first-order valence-corrected chi connectivity index (χ1v) is 7.23. The molecule has 6 heteroatoms. The third-order valence-corrected chi connectivity index (χ3v) is 3.53. The van der Waals surface area contributed by atoms with Gasteiger partial charge in [-0.1, -0.05) is 36.4 Å². The van der Waals surface area contributed by atoms with Crippen molar-refractivity contribution in [1.29, 1.82) is 0 Å². The molecule has 0 fully saturated rings. The number of carboxylic acids is 1. The van der Waals surface area contributed by atoms with E-state index in [1.54, 1.807) is 37.3 Å². The zero-order valence-corrected chi connectivity index (χ0v) is 13.0. The maximum absolute atomic E-state index is 14.6. The molecule has 0 aliphatic carbocycles. The zero-order valence-electron chi connectivity index (χ0n) is 13.0. The van der Waals surface area contributed by atoms with E-state index < -0.39 is 22.9 Å². The number of aromatic amines is 1. The van der Waals surface area contributed by atoms with Gasteiger partial charge in [-0.05, 0) is 29.7 Å². The Kier molecular flexibility index (Phi) is 5.44. The smallest absolute Gasteiger partial charge is 0.341 e. The van der Waals surface area contributed by atoms with Gasteiger partial charge in [-0.3, -0.25) is 4.79 Å². The second kappa shape index (κ2) is 7.52. The van der Waals surface area contributed by atoms with Gasteiger partial charge in [-0.25, -0.2) is 9.18 Å². The van der Waals surface area contributed by atoms with Crippen LogP contribution in [-0.4, -0.2) is 16.1 Å². The van der Waals surface area contributed by atoms with E-state index in [0.29, 0.717) is 23.2 Å². The number of aryl methyl sites for hydroxylation is 1. The summed E-state index contributed by atoms with van der Waals surface area (Å²) in [5.74, 6) is -2.05. The first-order chi connectivity index (χ1) is 11.4. The largest absolute Gasteiger partial charge is 0.477 e. The number of nitrogens with one attached hydrogen (secondary N) is 1. The number of carboxylic acid groups (broad SMARTS) is 1. The number of H-pyrrole nitrogens is 1. The Labute approximate surface area is 137 Å². The number of hydrogen-bond donors (Lipinski definition) is 3. The lowest BCUT2D eigenvalue weighted by Crippen LogP contribution is -2.14. The molecule has 24 heavy (non-hydrogen) atoms. The van der Waals surface area contributed by atoms with Gasteiger partial charge in [0.25, 0.3) is 5.56 Å². The van der Waals surface area contributed by atoms with Crippen molar-refractivity contribution in [2.75, 3.05) is 0 Å². The lowest BCUT2D eigenvalue weighted by molar-refractivity contribution is 0.0695. The van der Waals surface area contributed by atoms with Gasteiger partial charge in [-0.15, -0.1) is 0 Å². The highest BCUT2D eigenvalue weighted by Gasteiger charge is 2.08. The molecule has 2 rings (SSSR count). The fourth-order valence-electron chi connectivity index (χ4n) is 2.26. The van der Waals surface area contributed by atoms with E-state index in [4.69, 9.17) is 10.8 Å². The molecule has 2 aromatic rings. The van der Waals surface area contributed by atoms with E-state index in [9.17, 15) is 14.0 Å². The summed E-state index contributed by atoms with van der Waals surface area (Å²) in [5, 5.41) is 9.00. The summed E-state index contributed by atoms with van der Waals surface area (Å²) < 4.78 is 14.6. The Morgan fingerprint density at radius 1 is 1.21 bits per heavy atom. The Morgan fingerprint density at radius 2 is 1.88 bits per heavy atom. The molecule has 4 N–H and O–H groups in total. The van der Waals surface area contributed by atoms with Gasteiger partial charge in [0.1, 0.15) is 11.4 Å². The number of rotatable bonds is 3. The summed E-state index contributed by atoms with van der Waals surface area (Å²) in [4.78, 5) is 25.0. The Hall–Kier alpha value is -2.99. The van der Waals surface area contributed by atoms with Gasteiger partial charge < -0.3 is 15.8 Å². The van der Waals surface area contributed by atoms with Crippen molar-refractivity contribution in [3.63, 3.8) is 0 Å². The van der Waals surface area contributed by atoms with Gasteiger partial charge >= 0.3 is 5.97 Å². The van der Waals surface area contributed by atoms with Crippen LogP contribution in [0.5, 0.6) is 0 Å². The summed E-state index contributed by atoms with van der Waals surface area (Å²) in [5.41, 5.74) is 6.63. The van der Waals surface area contributed by atoms with E-state index in [0.717, 1.165) is 11.8 Å². The lowest BCUT2D eigenvalue weighted by Gasteiger charge is -2.06. The standard InChI is InChI=1S/C18H17FN2O3/c1-11-3-2-4-14(18(23)24)17(22)21-10-15(19)16(11)13-7-5-12(9-20)6-8-13/h2-8,10H,9,20H2,1H3,(H,21,22)(H,23,24). The van der Waals surface area contributed by atoms with Crippen LogP contribution in [0.15, 0.2) is 53.5 Å². The molecule has 0 amide bonds. The number of carbonyl (C=O) groups is 1. The van der Waals surface area contributed by atoms with E-state index >= 15 is 0 Å². The first-order valence-electron chi connectivity index (χ1n) is 7.23. The molecule has 1 heterocycles. The summed E-state index contributed by atoms with van der Waals surface area (Å²) in [6, 6.07) is 11.2. The van der Waals surface area contributed by atoms with Gasteiger partial charge in [0.15, 0.2) is 0 Å². The fourth-order valence-corrected chi connectivity index (χ4v) is 2.26. The first kappa shape index (κ1) is 17.4. The second-order valence-electron chi connectivity index (χ2n) is 5.17. The van der Waals surface area contributed by atoms with E-state index in [1.807, 2.05) is 0 Å². The maximum atomic E-state index is 14.6. The molecule has 124 valence electrons. The van der Waals surface area contributed by atoms with Crippen LogP contribution in [0.3, 0.4) is 0 Å². The molecule has 0 bridgehead atoms. The number of halogens is 1. The monoisotopic (exact) mass is 328 g/mol. The summed E-state index contributed by atoms with van der Waals surface area (Å²) >= 11 is 0. The Balaban J connectivity index is 2.74. The quantitative estimate of drug-likeness (QED) is 0.807. The number of aromatic carboxylic acids is 1. The van der Waals surface area contributed by atoms with Crippen LogP contribution in [0.2, 0.25) is 0 Å². The van der Waals surface area contributed by atoms with Crippen LogP contribution in [0.4, 0.5) is 4.39 Å². The predicted octanol–water partition coefficient (Wildman–Crippen LogP) is 2.77. The highest BCUT2D eigenvalue weighted by molar-refractivity contribution is 5.86. The third-order valence-electron chi connectivity index (χ3n) is 3.53. The van der Waals surface area contributed by atoms with Crippen molar-refractivity contribution in [2.45, 2.75) is 13.5 Å². The molecule has 1 aromatic heterocycles. The van der Waals surface area contributed by atoms with Crippen LogP contribution >= 0.6 is 0 Å². The number of hydrogen-bond acceptors (Lipinski definition) is 3. The summed E-state index contributed by atoms with van der Waals surface area (Å²) in [6.07, 6.45) is 0.869. The zero-order chi connectivity index (χ0) is 17.7. The highest BCUT2D eigenvalue weighted by atomic mass is 19.1. The molecule has 0 saturated heterocycles. The second-order valence-corrected chi connectivity index (χ2v) is 5.17. The molecule has 5 nitrogen and oxygen atoms in total. The number of nitrogens with two attached hydrogens (primary N) is 1. The third kappa shape index (κ3) is 3.85. The van der Waals surface area contributed by atoms with Crippen molar-refractivity contribution in [3.8, 4) is 11.1 Å². The summed E-state index contributed by atoms with van der Waals surface area (Å²) in [6.45, 7) is 2.09. The van der Waals surface area contributed by atoms with Crippen molar-refractivity contribution in [2.24, 2.45) is 5.73 Å². The Morgan fingerprint density at radius 3 is 2.46 bits per heavy atom. The van der Waals surface area contributed by atoms with E-state index in [2.05, 4.69) is 4.98 Å². The highest BCUT2D eigenvalue weighted by Crippen LogP contribution is 2.24. The maximum Gasteiger partial charge on any atom is 0.341 e. The van der Waals surface area contributed by atoms with Gasteiger partial charge in [0.05, 0.1) is 0 Å². The minimum absolute atomic E-state index is 0.308. The topological polar surface area (TPSA) is 96.2 Å². The molecule has 0 spiro atoms. The number of benzene rings is 1. The number of aromatic nitrogens is 1. The average Bonchev–Trinajstić information content (AvgIpc) is 2.56. The minimum Gasteiger partial charge on any atom is -0.477 e. The SMILES string of the molecule is Cc1cccc(C(=O)O)c(=O)[nH]cc(F)c1-c1ccc(CN)cc1. The van der Waals surface area contributed by atoms with Gasteiger partial charge in [0, 0.05) is 18.3 Å². The normalized spacial score (nSPS) is 10.1. The van der Waals surface area contributed by atoms with Crippen molar-refractivity contribution < 1.29 is 14.3 Å². The van der Waals surface area contributed by atoms with Crippen LogP contribution in [-0.2, 0) is 6.54 Å². The Bertz CT molecular complexity index is 872. The fraction of sp³-hybridized carbons (Fsp3) is 0.111. The molecule has 0 atom stereocenters. The van der Waals surface area contributed by atoms with Crippen LogP contribution in [0.1, 0.15) is 21.5 Å². The van der Waals surface area contributed by atoms with Crippen LogP contribution in [0, 0.1) is 12.7 Å². The van der Waals surface area contributed by atoms with Crippen LogP contribution in [0.25, 0.3) is 11.1 Å². The van der Waals surface area contributed by atoms with Crippen molar-refractivity contribution in [3.05, 3.63) is 81.5 Å². The molecule has 0 aliphatic rings. The van der Waals surface area contributed by atoms with Crippen molar-refractivity contribution >= 4 is 5.97 Å². The minimum atomic E-state index is -1.38. The molecule has 0 aliphatic heterocycles. The van der Waals surface area contributed by atoms with Gasteiger partial charge in [-0.2, -0.15) is 0 Å². The summed E-state index contributed by atoms with van der Waals surface area (Å²) in [7, 11) is 0. The molecule has 0 unspecified atom stereocenters. The van der Waals surface area contributed by atoms with Crippen LogP contribution < -0.4 is 11.3 Å². The van der Waals surface area contributed by atoms with Gasteiger partial charge in [0.2, 0.25) is 0 Å². The molecular weight excluding hydrogens is 311 g/mol. The predicted molar refractivity (Wildman–Crippen MR) is 89.7 cm³/mol. The van der Waals surface area contributed by atoms with E-state index in [1.165, 1.54) is 12.1 Å². The molecule has 1 aromatic carbocycles. The molecule has 0 radical (unpaired) electrons. The molecule has 0 saturated carbocycles. The molecular formula is C18H17FN2O3.